The van der Waals surface area contributed by atoms with Crippen molar-refractivity contribution >= 4 is 23.6 Å². The van der Waals surface area contributed by atoms with Gasteiger partial charge in [0.1, 0.15) is 6.04 Å². The van der Waals surface area contributed by atoms with Gasteiger partial charge < -0.3 is 10.0 Å². The minimum absolute atomic E-state index is 0.216. The molecule has 1 rings (SSSR count). The summed E-state index contributed by atoms with van der Waals surface area (Å²) in [7, 11) is 0. The number of alkyl halides is 3. The molecule has 1 amide bonds. The average Bonchev–Trinajstić information content (AvgIpc) is 2.61. The lowest BCUT2D eigenvalue weighted by molar-refractivity contribution is -0.147. The number of hydrogen-bond donors (Lipinski definition) is 1. The van der Waals surface area contributed by atoms with Gasteiger partial charge in [-0.1, -0.05) is 0 Å². The molecule has 0 aromatic rings. The zero-order valence-electron chi connectivity index (χ0n) is 8.16. The molecule has 0 bridgehead atoms. The predicted octanol–water partition coefficient (Wildman–Crippen LogP) is 1.31. The zero-order valence-corrected chi connectivity index (χ0v) is 8.98. The van der Waals surface area contributed by atoms with Crippen LogP contribution < -0.4 is 0 Å². The van der Waals surface area contributed by atoms with Gasteiger partial charge >= 0.3 is 11.5 Å². The maximum atomic E-state index is 11.8. The van der Waals surface area contributed by atoms with Crippen molar-refractivity contribution in [2.45, 2.75) is 24.4 Å². The molecule has 16 heavy (non-hydrogen) atoms. The summed E-state index contributed by atoms with van der Waals surface area (Å²) in [6, 6.07) is -0.971. The highest BCUT2D eigenvalue weighted by Gasteiger charge is 2.36. The van der Waals surface area contributed by atoms with Crippen LogP contribution in [0.3, 0.4) is 0 Å². The second kappa shape index (κ2) is 4.94. The van der Waals surface area contributed by atoms with E-state index in [4.69, 9.17) is 5.11 Å². The molecular weight excluding hydrogens is 247 g/mol. The fraction of sp³-hybridized carbons (Fsp3) is 0.750. The number of carboxylic acids is 1. The number of amides is 1. The van der Waals surface area contributed by atoms with Crippen LogP contribution in [-0.4, -0.2) is 45.7 Å². The van der Waals surface area contributed by atoms with Crippen LogP contribution in [0.25, 0.3) is 0 Å². The fourth-order valence-electron chi connectivity index (χ4n) is 1.55. The Labute approximate surface area is 93.8 Å². The molecule has 0 aliphatic carbocycles. The molecule has 1 N–H and O–H groups in total. The van der Waals surface area contributed by atoms with E-state index in [-0.39, 0.29) is 6.54 Å². The van der Waals surface area contributed by atoms with Crippen LogP contribution >= 0.6 is 11.8 Å². The normalized spacial score (nSPS) is 21.2. The summed E-state index contributed by atoms with van der Waals surface area (Å²) in [5.74, 6) is -2.69. The van der Waals surface area contributed by atoms with Crippen LogP contribution in [0.1, 0.15) is 12.8 Å². The van der Waals surface area contributed by atoms with Gasteiger partial charge in [0, 0.05) is 6.54 Å². The van der Waals surface area contributed by atoms with E-state index < -0.39 is 40.9 Å². The van der Waals surface area contributed by atoms with Crippen LogP contribution in [0, 0.1) is 0 Å². The Morgan fingerprint density at radius 2 is 2.06 bits per heavy atom. The molecule has 1 atom stereocenters. The van der Waals surface area contributed by atoms with Crippen molar-refractivity contribution in [2.24, 2.45) is 0 Å². The van der Waals surface area contributed by atoms with Crippen LogP contribution in [0.5, 0.6) is 0 Å². The lowest BCUT2D eigenvalue weighted by Gasteiger charge is -2.21. The Bertz CT molecular complexity index is 295. The first kappa shape index (κ1) is 13.1. The largest absolute Gasteiger partial charge is 0.480 e. The minimum Gasteiger partial charge on any atom is -0.480 e. The van der Waals surface area contributed by atoms with Crippen LogP contribution in [-0.2, 0) is 9.59 Å². The first-order chi connectivity index (χ1) is 7.31. The quantitative estimate of drug-likeness (QED) is 0.828. The molecule has 8 heteroatoms. The molecule has 0 spiro atoms. The number of thioether (sulfide) groups is 1. The number of halogens is 3. The van der Waals surface area contributed by atoms with Gasteiger partial charge in [0.2, 0.25) is 5.91 Å². The highest BCUT2D eigenvalue weighted by molar-refractivity contribution is 8.00. The maximum Gasteiger partial charge on any atom is 0.442 e. The molecule has 0 saturated carbocycles. The zero-order chi connectivity index (χ0) is 12.3. The van der Waals surface area contributed by atoms with Crippen molar-refractivity contribution in [1.29, 1.82) is 0 Å². The Morgan fingerprint density at radius 3 is 2.56 bits per heavy atom. The van der Waals surface area contributed by atoms with E-state index in [0.717, 1.165) is 4.90 Å². The average molecular weight is 257 g/mol. The lowest BCUT2D eigenvalue weighted by Crippen LogP contribution is -2.41. The van der Waals surface area contributed by atoms with E-state index >= 15 is 0 Å². The second-order valence-corrected chi connectivity index (χ2v) is 4.36. The molecule has 0 unspecified atom stereocenters. The number of aliphatic carboxylic acids is 1. The predicted molar refractivity (Wildman–Crippen MR) is 50.9 cm³/mol. The third kappa shape index (κ3) is 3.58. The molecule has 1 aliphatic heterocycles. The van der Waals surface area contributed by atoms with Gasteiger partial charge in [-0.15, -0.1) is 0 Å². The highest BCUT2D eigenvalue weighted by Crippen LogP contribution is 2.31. The first-order valence-electron chi connectivity index (χ1n) is 4.54. The van der Waals surface area contributed by atoms with E-state index in [0.29, 0.717) is 12.8 Å². The van der Waals surface area contributed by atoms with Gasteiger partial charge in [0.15, 0.2) is 0 Å². The summed E-state index contributed by atoms with van der Waals surface area (Å²) >= 11 is -0.442. The summed E-state index contributed by atoms with van der Waals surface area (Å²) in [5, 5.41) is 8.74. The van der Waals surface area contributed by atoms with Gasteiger partial charge in [0.25, 0.3) is 0 Å². The van der Waals surface area contributed by atoms with E-state index in [1.165, 1.54) is 0 Å². The minimum atomic E-state index is -4.46. The molecule has 0 radical (unpaired) electrons. The smallest absolute Gasteiger partial charge is 0.442 e. The molecule has 4 nitrogen and oxygen atoms in total. The molecule has 1 saturated heterocycles. The standard InChI is InChI=1S/C8H10F3NO3S/c9-8(10,11)16-4-6(13)12-3-1-2-5(12)7(14)15/h5H,1-4H2,(H,14,15)/t5-/m1/s1. The van der Waals surface area contributed by atoms with Crippen LogP contribution in [0.4, 0.5) is 13.2 Å². The van der Waals surface area contributed by atoms with Crippen LogP contribution in [0.2, 0.25) is 0 Å². The van der Waals surface area contributed by atoms with Crippen molar-refractivity contribution in [1.82, 2.24) is 4.90 Å². The van der Waals surface area contributed by atoms with Crippen LogP contribution in [0.15, 0.2) is 0 Å². The molecule has 1 aliphatic rings. The molecule has 0 aromatic heterocycles. The summed E-state index contributed by atoms with van der Waals surface area (Å²) in [6.07, 6.45) is 0.817. The van der Waals surface area contributed by atoms with Crippen molar-refractivity contribution in [3.8, 4) is 0 Å². The van der Waals surface area contributed by atoms with Gasteiger partial charge in [-0.2, -0.15) is 13.2 Å². The SMILES string of the molecule is O=C(O)[C@H]1CCCN1C(=O)CSC(F)(F)F. The van der Waals surface area contributed by atoms with Gasteiger partial charge in [-0.05, 0) is 24.6 Å². The number of carboxylic acid groups (broad SMARTS) is 1. The van der Waals surface area contributed by atoms with Crippen molar-refractivity contribution in [2.75, 3.05) is 12.3 Å². The highest BCUT2D eigenvalue weighted by atomic mass is 32.2. The van der Waals surface area contributed by atoms with Crippen molar-refractivity contribution in [3.63, 3.8) is 0 Å². The van der Waals surface area contributed by atoms with Gasteiger partial charge in [-0.3, -0.25) is 4.79 Å². The summed E-state index contributed by atoms with van der Waals surface area (Å²) in [4.78, 5) is 23.0. The van der Waals surface area contributed by atoms with E-state index in [1.54, 1.807) is 0 Å². The molecule has 92 valence electrons. The molecular formula is C8H10F3NO3S. The number of likely N-dealkylation sites (tertiary alicyclic amines) is 1. The number of hydrogen-bond acceptors (Lipinski definition) is 3. The second-order valence-electron chi connectivity index (χ2n) is 3.32. The first-order valence-corrected chi connectivity index (χ1v) is 5.53. The summed E-state index contributed by atoms with van der Waals surface area (Å²) < 4.78 is 35.5. The monoisotopic (exact) mass is 257 g/mol. The Hall–Kier alpha value is -0.920. The number of rotatable bonds is 3. The van der Waals surface area contributed by atoms with Gasteiger partial charge in [-0.25, -0.2) is 4.79 Å². The third-order valence-corrected chi connectivity index (χ3v) is 2.94. The van der Waals surface area contributed by atoms with E-state index in [9.17, 15) is 22.8 Å². The topological polar surface area (TPSA) is 57.6 Å². The number of carbonyl (C=O) groups is 2. The van der Waals surface area contributed by atoms with E-state index in [1.807, 2.05) is 0 Å². The number of nitrogens with zero attached hydrogens (tertiary/aromatic N) is 1. The van der Waals surface area contributed by atoms with E-state index in [2.05, 4.69) is 0 Å². The lowest BCUT2D eigenvalue weighted by atomic mass is 10.2. The Kier molecular flexibility index (Phi) is 4.06. The Morgan fingerprint density at radius 1 is 1.44 bits per heavy atom. The van der Waals surface area contributed by atoms with Crippen molar-refractivity contribution in [3.05, 3.63) is 0 Å². The van der Waals surface area contributed by atoms with Crippen molar-refractivity contribution < 1.29 is 27.9 Å². The summed E-state index contributed by atoms with van der Waals surface area (Å²) in [5.41, 5.74) is -4.46. The molecule has 1 heterocycles. The molecule has 1 fully saturated rings. The molecule has 0 aromatic carbocycles. The summed E-state index contributed by atoms with van der Waals surface area (Å²) in [6.45, 7) is 0.216. The third-order valence-electron chi connectivity index (χ3n) is 2.22. The maximum absolute atomic E-state index is 11.8. The number of carbonyl (C=O) groups excluding carboxylic acids is 1. The van der Waals surface area contributed by atoms with Gasteiger partial charge in [0.05, 0.1) is 5.75 Å². The fourth-order valence-corrected chi connectivity index (χ4v) is 2.00. The Balaban J connectivity index is 2.50.